The van der Waals surface area contributed by atoms with Crippen molar-refractivity contribution in [1.82, 2.24) is 14.9 Å². The van der Waals surface area contributed by atoms with Crippen molar-refractivity contribution in [2.75, 3.05) is 11.9 Å². The Morgan fingerprint density at radius 3 is 3.09 bits per heavy atom. The third-order valence-electron chi connectivity index (χ3n) is 5.28. The molecule has 2 amide bonds. The van der Waals surface area contributed by atoms with Crippen LogP contribution in [0.25, 0.3) is 6.08 Å². The minimum Gasteiger partial charge on any atom is -0.465 e. The number of fused-ring (bicyclic) bond motifs is 1. The molecule has 0 aromatic carbocycles. The zero-order valence-electron chi connectivity index (χ0n) is 18.0. The second-order valence-electron chi connectivity index (χ2n) is 7.75. The molecule has 10 heteroatoms. The van der Waals surface area contributed by atoms with E-state index in [0.29, 0.717) is 42.3 Å². The number of thiophene rings is 1. The molecule has 33 heavy (non-hydrogen) atoms. The van der Waals surface area contributed by atoms with E-state index >= 15 is 0 Å². The second-order valence-corrected chi connectivity index (χ2v) is 8.85. The molecule has 1 aliphatic rings. The van der Waals surface area contributed by atoms with Gasteiger partial charge in [-0.2, -0.15) is 5.26 Å². The summed E-state index contributed by atoms with van der Waals surface area (Å²) in [5.74, 6) is 0.402. The molecule has 0 aliphatic heterocycles. The van der Waals surface area contributed by atoms with E-state index in [4.69, 9.17) is 9.15 Å². The number of furan rings is 1. The zero-order chi connectivity index (χ0) is 23.2. The molecule has 0 saturated heterocycles. The third-order valence-corrected chi connectivity index (χ3v) is 6.45. The Kier molecular flexibility index (Phi) is 6.90. The van der Waals surface area contributed by atoms with Gasteiger partial charge < -0.3 is 24.4 Å². The van der Waals surface area contributed by atoms with Gasteiger partial charge >= 0.3 is 6.09 Å². The topological polar surface area (TPSA) is 122 Å². The van der Waals surface area contributed by atoms with Crippen LogP contribution in [0.4, 0.5) is 9.80 Å². The molecular weight excluding hydrogens is 442 g/mol. The summed E-state index contributed by atoms with van der Waals surface area (Å²) in [5.41, 5.74) is 2.25. The number of carbonyl (C=O) groups excluding carboxylic acids is 2. The predicted octanol–water partition coefficient (Wildman–Crippen LogP) is 3.63. The summed E-state index contributed by atoms with van der Waals surface area (Å²) in [4.78, 5) is 29.5. The van der Waals surface area contributed by atoms with Crippen LogP contribution in [0.15, 0.2) is 41.4 Å². The maximum atomic E-state index is 12.3. The molecule has 3 aromatic heterocycles. The average molecular weight is 466 g/mol. The molecule has 2 N–H and O–H groups in total. The molecule has 3 aromatic rings. The third kappa shape index (κ3) is 5.70. The monoisotopic (exact) mass is 465 g/mol. The highest BCUT2D eigenvalue weighted by Crippen LogP contribution is 2.39. The Bertz CT molecular complexity index is 1200. The highest BCUT2D eigenvalue weighted by atomic mass is 32.1. The van der Waals surface area contributed by atoms with Crippen LogP contribution >= 0.6 is 11.3 Å². The lowest BCUT2D eigenvalue weighted by atomic mass is 9.88. The summed E-state index contributed by atoms with van der Waals surface area (Å²) in [6, 6.07) is 5.71. The Morgan fingerprint density at radius 2 is 2.36 bits per heavy atom. The van der Waals surface area contributed by atoms with Crippen molar-refractivity contribution in [2.45, 2.75) is 25.8 Å². The van der Waals surface area contributed by atoms with Crippen LogP contribution in [0.3, 0.4) is 0 Å². The summed E-state index contributed by atoms with van der Waals surface area (Å²) in [6.07, 6.45) is 9.70. The van der Waals surface area contributed by atoms with Crippen molar-refractivity contribution in [1.29, 1.82) is 5.26 Å². The molecule has 0 fully saturated rings. The first-order chi connectivity index (χ1) is 16.0. The van der Waals surface area contributed by atoms with E-state index in [-0.39, 0.29) is 11.8 Å². The normalized spacial score (nSPS) is 15.1. The van der Waals surface area contributed by atoms with E-state index in [1.807, 2.05) is 17.8 Å². The number of ether oxygens (including phenoxy) is 1. The number of hydrogen-bond acceptors (Lipinski definition) is 7. The molecule has 0 radical (unpaired) electrons. The van der Waals surface area contributed by atoms with Crippen LogP contribution in [-0.2, 0) is 36.0 Å². The number of amides is 2. The maximum Gasteiger partial charge on any atom is 0.407 e. The van der Waals surface area contributed by atoms with Gasteiger partial charge in [0.25, 0.3) is 0 Å². The van der Waals surface area contributed by atoms with Crippen LogP contribution in [0.5, 0.6) is 0 Å². The van der Waals surface area contributed by atoms with Crippen LogP contribution in [0.1, 0.15) is 33.9 Å². The van der Waals surface area contributed by atoms with Crippen molar-refractivity contribution in [3.63, 3.8) is 0 Å². The molecule has 1 unspecified atom stereocenters. The lowest BCUT2D eigenvalue weighted by molar-refractivity contribution is -0.111. The minimum absolute atomic E-state index is 0.158. The molecule has 170 valence electrons. The maximum absolute atomic E-state index is 12.3. The van der Waals surface area contributed by atoms with E-state index in [9.17, 15) is 14.9 Å². The van der Waals surface area contributed by atoms with Gasteiger partial charge in [-0.05, 0) is 49.0 Å². The van der Waals surface area contributed by atoms with Crippen molar-refractivity contribution in [3.8, 4) is 6.07 Å². The van der Waals surface area contributed by atoms with E-state index in [2.05, 4.69) is 21.7 Å². The number of nitrogens with zero attached hydrogens (tertiary/aromatic N) is 3. The smallest absolute Gasteiger partial charge is 0.407 e. The number of anilines is 1. The van der Waals surface area contributed by atoms with Gasteiger partial charge in [0.15, 0.2) is 0 Å². The van der Waals surface area contributed by atoms with Gasteiger partial charge in [0.05, 0.1) is 37.0 Å². The van der Waals surface area contributed by atoms with E-state index in [1.165, 1.54) is 23.7 Å². The van der Waals surface area contributed by atoms with Crippen LogP contribution in [0, 0.1) is 17.2 Å². The summed E-state index contributed by atoms with van der Waals surface area (Å²) < 4.78 is 12.4. The lowest BCUT2D eigenvalue weighted by Crippen LogP contribution is -2.27. The van der Waals surface area contributed by atoms with Crippen LogP contribution in [-0.4, -0.2) is 28.2 Å². The quantitative estimate of drug-likeness (QED) is 0.514. The first kappa shape index (κ1) is 22.4. The molecule has 4 rings (SSSR count). The SMILES string of the molecule is Cn1cnc(CNC(=O)OCC2CCc3c(sc(NC(=O)/C=C/c4ccco4)c3C#N)C2)c1. The van der Waals surface area contributed by atoms with Gasteiger partial charge in [0.1, 0.15) is 16.8 Å². The molecule has 9 nitrogen and oxygen atoms in total. The van der Waals surface area contributed by atoms with Gasteiger partial charge in [0, 0.05) is 24.2 Å². The number of nitrogens with one attached hydrogen (secondary N) is 2. The van der Waals surface area contributed by atoms with Crippen molar-refractivity contribution >= 4 is 34.4 Å². The molecule has 1 atom stereocenters. The standard InChI is InChI=1S/C23H23N5O4S/c1-28-12-16(26-14-28)11-25-23(30)32-13-15-4-6-18-19(10-24)22(33-20(18)9-15)27-21(29)7-5-17-3-2-8-31-17/h2-3,5,7-8,12,14-15H,4,6,9,11,13H2,1H3,(H,25,30)(H,27,29)/b7-5+. The fourth-order valence-corrected chi connectivity index (χ4v) is 4.98. The van der Waals surface area contributed by atoms with Gasteiger partial charge in [-0.1, -0.05) is 0 Å². The fourth-order valence-electron chi connectivity index (χ4n) is 3.67. The second kappa shape index (κ2) is 10.2. The molecule has 0 saturated carbocycles. The van der Waals surface area contributed by atoms with Gasteiger partial charge in [0.2, 0.25) is 5.91 Å². The number of carbonyl (C=O) groups is 2. The van der Waals surface area contributed by atoms with Crippen molar-refractivity contribution in [3.05, 3.63) is 64.5 Å². The van der Waals surface area contributed by atoms with Crippen molar-refractivity contribution < 1.29 is 18.7 Å². The Labute approximate surface area is 194 Å². The van der Waals surface area contributed by atoms with Crippen LogP contribution < -0.4 is 10.6 Å². The highest BCUT2D eigenvalue weighted by Gasteiger charge is 2.27. The highest BCUT2D eigenvalue weighted by molar-refractivity contribution is 7.16. The van der Waals surface area contributed by atoms with Gasteiger partial charge in [-0.15, -0.1) is 11.3 Å². The average Bonchev–Trinajstić information content (AvgIpc) is 3.54. The zero-order valence-corrected chi connectivity index (χ0v) is 18.9. The largest absolute Gasteiger partial charge is 0.465 e. The Morgan fingerprint density at radius 1 is 1.48 bits per heavy atom. The van der Waals surface area contributed by atoms with Crippen molar-refractivity contribution in [2.24, 2.45) is 13.0 Å². The summed E-state index contributed by atoms with van der Waals surface area (Å²) in [5, 5.41) is 15.7. The number of aromatic nitrogens is 2. The lowest BCUT2D eigenvalue weighted by Gasteiger charge is -2.21. The van der Waals surface area contributed by atoms with E-state index < -0.39 is 6.09 Å². The molecular formula is C23H23N5O4S. The number of hydrogen-bond donors (Lipinski definition) is 2. The molecule has 1 aliphatic carbocycles. The number of nitriles is 1. The molecule has 0 spiro atoms. The fraction of sp³-hybridized carbons (Fsp3) is 0.304. The van der Waals surface area contributed by atoms with Gasteiger partial charge in [-0.25, -0.2) is 9.78 Å². The molecule has 3 heterocycles. The first-order valence-corrected chi connectivity index (χ1v) is 11.3. The molecule has 0 bridgehead atoms. The summed E-state index contributed by atoms with van der Waals surface area (Å²) >= 11 is 1.41. The first-order valence-electron chi connectivity index (χ1n) is 10.5. The van der Waals surface area contributed by atoms with E-state index in [1.54, 1.807) is 24.5 Å². The summed E-state index contributed by atoms with van der Waals surface area (Å²) in [6.45, 7) is 0.600. The number of rotatable bonds is 7. The van der Waals surface area contributed by atoms with Gasteiger partial charge in [-0.3, -0.25) is 4.79 Å². The Hall–Kier alpha value is -3.84. The minimum atomic E-state index is -0.480. The summed E-state index contributed by atoms with van der Waals surface area (Å²) in [7, 11) is 1.86. The number of imidazole rings is 1. The number of alkyl carbamates (subject to hydrolysis) is 1. The predicted molar refractivity (Wildman–Crippen MR) is 122 cm³/mol. The van der Waals surface area contributed by atoms with Crippen LogP contribution in [0.2, 0.25) is 0 Å². The number of aryl methyl sites for hydroxylation is 1. The van der Waals surface area contributed by atoms with E-state index in [0.717, 1.165) is 22.6 Å². The Balaban J connectivity index is 1.31.